The number of hydrogen-bond acceptors (Lipinski definition) is 3. The van der Waals surface area contributed by atoms with Crippen molar-refractivity contribution in [2.45, 2.75) is 25.7 Å². The first-order valence-corrected chi connectivity index (χ1v) is 5.69. The average molecular weight is 242 g/mol. The number of carbonyl (C=O) groups is 3. The molecule has 0 saturated heterocycles. The standard InChI is InChI=1S/C11H18N2O4/c1-13(6-9(12)14)10(15)7-4-2-3-5-8(7)11(16)17/h7-8H,2-6H2,1H3,(H2,12,14)(H,16,17). The molecule has 2 atom stereocenters. The van der Waals surface area contributed by atoms with Crippen molar-refractivity contribution in [1.82, 2.24) is 4.90 Å². The highest BCUT2D eigenvalue weighted by Crippen LogP contribution is 2.31. The van der Waals surface area contributed by atoms with E-state index in [2.05, 4.69) is 0 Å². The van der Waals surface area contributed by atoms with Crippen LogP contribution >= 0.6 is 0 Å². The second-order valence-electron chi connectivity index (χ2n) is 4.50. The Morgan fingerprint density at radius 1 is 1.24 bits per heavy atom. The van der Waals surface area contributed by atoms with Crippen LogP contribution in [0.1, 0.15) is 25.7 Å². The molecule has 0 radical (unpaired) electrons. The average Bonchev–Trinajstić information content (AvgIpc) is 2.27. The zero-order valence-corrected chi connectivity index (χ0v) is 9.89. The fourth-order valence-electron chi connectivity index (χ4n) is 2.32. The van der Waals surface area contributed by atoms with Crippen molar-refractivity contribution >= 4 is 17.8 Å². The fourth-order valence-corrected chi connectivity index (χ4v) is 2.32. The van der Waals surface area contributed by atoms with E-state index < -0.39 is 23.7 Å². The second kappa shape index (κ2) is 5.65. The number of nitrogens with two attached hydrogens (primary N) is 1. The smallest absolute Gasteiger partial charge is 0.307 e. The number of carboxylic acid groups (broad SMARTS) is 1. The van der Waals surface area contributed by atoms with E-state index in [0.717, 1.165) is 12.8 Å². The molecule has 2 unspecified atom stereocenters. The molecular formula is C11H18N2O4. The Kier molecular flexibility index (Phi) is 4.48. The minimum Gasteiger partial charge on any atom is -0.481 e. The number of nitrogens with zero attached hydrogens (tertiary/aromatic N) is 1. The second-order valence-corrected chi connectivity index (χ2v) is 4.50. The molecule has 3 N–H and O–H groups in total. The molecule has 1 fully saturated rings. The van der Waals surface area contributed by atoms with Crippen molar-refractivity contribution in [3.63, 3.8) is 0 Å². The van der Waals surface area contributed by atoms with Crippen LogP contribution in [0.4, 0.5) is 0 Å². The molecule has 96 valence electrons. The molecule has 0 aromatic carbocycles. The molecule has 0 aliphatic heterocycles. The summed E-state index contributed by atoms with van der Waals surface area (Å²) in [5, 5.41) is 9.06. The van der Waals surface area contributed by atoms with Gasteiger partial charge in [0, 0.05) is 7.05 Å². The van der Waals surface area contributed by atoms with Crippen LogP contribution in [0.15, 0.2) is 0 Å². The van der Waals surface area contributed by atoms with Crippen LogP contribution in [0.25, 0.3) is 0 Å². The number of primary amides is 1. The first kappa shape index (κ1) is 13.5. The quantitative estimate of drug-likeness (QED) is 0.714. The molecule has 1 saturated carbocycles. The van der Waals surface area contributed by atoms with E-state index >= 15 is 0 Å². The van der Waals surface area contributed by atoms with Gasteiger partial charge in [0.2, 0.25) is 11.8 Å². The molecule has 6 heteroatoms. The van der Waals surface area contributed by atoms with E-state index in [4.69, 9.17) is 10.8 Å². The highest BCUT2D eigenvalue weighted by molar-refractivity contribution is 5.88. The van der Waals surface area contributed by atoms with E-state index in [1.807, 2.05) is 0 Å². The summed E-state index contributed by atoms with van der Waals surface area (Å²) in [6.45, 7) is -0.165. The van der Waals surface area contributed by atoms with Gasteiger partial charge in [-0.1, -0.05) is 12.8 Å². The number of rotatable bonds is 4. The van der Waals surface area contributed by atoms with Gasteiger partial charge in [0.15, 0.2) is 0 Å². The molecular weight excluding hydrogens is 224 g/mol. The predicted octanol–water partition coefficient (Wildman–Crippen LogP) is -0.179. The Hall–Kier alpha value is -1.59. The zero-order valence-electron chi connectivity index (χ0n) is 9.89. The SMILES string of the molecule is CN(CC(N)=O)C(=O)C1CCCCC1C(=O)O. The van der Waals surface area contributed by atoms with E-state index in [9.17, 15) is 14.4 Å². The number of aliphatic carboxylic acids is 1. The van der Waals surface area contributed by atoms with E-state index in [0.29, 0.717) is 12.8 Å². The van der Waals surface area contributed by atoms with E-state index in [1.54, 1.807) is 0 Å². The molecule has 6 nitrogen and oxygen atoms in total. The summed E-state index contributed by atoms with van der Waals surface area (Å²) >= 11 is 0. The maximum absolute atomic E-state index is 12.0. The third kappa shape index (κ3) is 3.44. The minimum absolute atomic E-state index is 0.165. The largest absolute Gasteiger partial charge is 0.481 e. The van der Waals surface area contributed by atoms with Crippen LogP contribution in [0.2, 0.25) is 0 Å². The van der Waals surface area contributed by atoms with Crippen LogP contribution in [0, 0.1) is 11.8 Å². The Labute approximate surface area is 99.8 Å². The maximum Gasteiger partial charge on any atom is 0.307 e. The normalized spacial score (nSPS) is 24.1. The third-order valence-electron chi connectivity index (χ3n) is 3.17. The molecule has 0 aromatic heterocycles. The van der Waals surface area contributed by atoms with Crippen LogP contribution in [0.5, 0.6) is 0 Å². The molecule has 1 rings (SSSR count). The van der Waals surface area contributed by atoms with Gasteiger partial charge >= 0.3 is 5.97 Å². The minimum atomic E-state index is -0.935. The maximum atomic E-state index is 12.0. The van der Waals surface area contributed by atoms with Gasteiger partial charge in [-0.3, -0.25) is 14.4 Å². The van der Waals surface area contributed by atoms with Gasteiger partial charge in [0.05, 0.1) is 18.4 Å². The number of hydrogen-bond donors (Lipinski definition) is 2. The van der Waals surface area contributed by atoms with Gasteiger partial charge in [-0.2, -0.15) is 0 Å². The van der Waals surface area contributed by atoms with Crippen LogP contribution in [0.3, 0.4) is 0 Å². The summed E-state index contributed by atoms with van der Waals surface area (Å²) in [6, 6.07) is 0. The molecule has 17 heavy (non-hydrogen) atoms. The monoisotopic (exact) mass is 242 g/mol. The Bertz CT molecular complexity index is 329. The summed E-state index contributed by atoms with van der Waals surface area (Å²) in [6.07, 6.45) is 2.78. The van der Waals surface area contributed by atoms with Gasteiger partial charge in [0.1, 0.15) is 0 Å². The lowest BCUT2D eigenvalue weighted by molar-refractivity contribution is -0.152. The van der Waals surface area contributed by atoms with Crippen molar-refractivity contribution in [2.24, 2.45) is 17.6 Å². The fraction of sp³-hybridized carbons (Fsp3) is 0.727. The van der Waals surface area contributed by atoms with Crippen molar-refractivity contribution in [3.8, 4) is 0 Å². The van der Waals surface area contributed by atoms with Gasteiger partial charge in [-0.25, -0.2) is 0 Å². The molecule has 0 aromatic rings. The summed E-state index contributed by atoms with van der Waals surface area (Å²) in [7, 11) is 1.47. The van der Waals surface area contributed by atoms with Crippen molar-refractivity contribution in [3.05, 3.63) is 0 Å². The van der Waals surface area contributed by atoms with Gasteiger partial charge in [-0.15, -0.1) is 0 Å². The highest BCUT2D eigenvalue weighted by Gasteiger charge is 2.37. The summed E-state index contributed by atoms with van der Waals surface area (Å²) in [5.74, 6) is -2.98. The Morgan fingerprint density at radius 3 is 2.24 bits per heavy atom. The van der Waals surface area contributed by atoms with Crippen LogP contribution in [-0.2, 0) is 14.4 Å². The first-order valence-electron chi connectivity index (χ1n) is 5.69. The lowest BCUT2D eigenvalue weighted by atomic mass is 9.78. The lowest BCUT2D eigenvalue weighted by Crippen LogP contribution is -2.43. The predicted molar refractivity (Wildman–Crippen MR) is 59.9 cm³/mol. The Morgan fingerprint density at radius 2 is 1.76 bits per heavy atom. The molecule has 1 aliphatic carbocycles. The van der Waals surface area contributed by atoms with Crippen LogP contribution < -0.4 is 5.73 Å². The summed E-state index contributed by atoms with van der Waals surface area (Å²) in [5.41, 5.74) is 5.01. The molecule has 2 amide bonds. The van der Waals surface area contributed by atoms with Crippen molar-refractivity contribution in [1.29, 1.82) is 0 Å². The zero-order chi connectivity index (χ0) is 13.0. The lowest BCUT2D eigenvalue weighted by Gasteiger charge is -2.30. The first-order chi connectivity index (χ1) is 7.93. The third-order valence-corrected chi connectivity index (χ3v) is 3.17. The number of amides is 2. The molecule has 1 aliphatic rings. The van der Waals surface area contributed by atoms with Crippen molar-refractivity contribution < 1.29 is 19.5 Å². The van der Waals surface area contributed by atoms with Gasteiger partial charge < -0.3 is 15.7 Å². The molecule has 0 heterocycles. The summed E-state index contributed by atoms with van der Waals surface area (Å²) < 4.78 is 0. The van der Waals surface area contributed by atoms with E-state index in [-0.39, 0.29) is 12.5 Å². The van der Waals surface area contributed by atoms with Crippen molar-refractivity contribution in [2.75, 3.05) is 13.6 Å². The molecule has 0 bridgehead atoms. The van der Waals surface area contributed by atoms with Gasteiger partial charge in [-0.05, 0) is 12.8 Å². The van der Waals surface area contributed by atoms with E-state index in [1.165, 1.54) is 11.9 Å². The van der Waals surface area contributed by atoms with Crippen LogP contribution in [-0.4, -0.2) is 41.4 Å². The highest BCUT2D eigenvalue weighted by atomic mass is 16.4. The summed E-state index contributed by atoms with van der Waals surface area (Å²) in [4.78, 5) is 35.0. The van der Waals surface area contributed by atoms with Gasteiger partial charge in [0.25, 0.3) is 0 Å². The number of carboxylic acids is 1. The Balaban J connectivity index is 2.70. The topological polar surface area (TPSA) is 101 Å². The molecule has 0 spiro atoms. The number of likely N-dealkylation sites (N-methyl/N-ethyl adjacent to an activating group) is 1. The number of carbonyl (C=O) groups excluding carboxylic acids is 2.